The van der Waals surface area contributed by atoms with E-state index in [1.54, 1.807) is 0 Å². The summed E-state index contributed by atoms with van der Waals surface area (Å²) in [6.45, 7) is 0. The molecule has 98 valence electrons. The van der Waals surface area contributed by atoms with Crippen LogP contribution < -0.4 is 30.4 Å². The lowest BCUT2D eigenvalue weighted by Gasteiger charge is -2.00. The maximum Gasteiger partial charge on any atom is 0.368 e. The van der Waals surface area contributed by atoms with E-state index >= 15 is 0 Å². The quantitative estimate of drug-likeness (QED) is 0.315. The van der Waals surface area contributed by atoms with Gasteiger partial charge in [-0.2, -0.15) is 0 Å². The standard InChI is InChI=1S/C12H8N2.HIO4/c1-3-9-10-4-2-8-14-12(10)6-5-11(9)13-7-1;2-1(3,4)5/h1-8H;2H. The van der Waals surface area contributed by atoms with Crippen molar-refractivity contribution in [3.8, 4) is 0 Å². The van der Waals surface area contributed by atoms with E-state index in [4.69, 9.17) is 13.7 Å². The summed E-state index contributed by atoms with van der Waals surface area (Å²) in [5.74, 6) is 0. The Morgan fingerprint density at radius 2 is 1.16 bits per heavy atom. The Morgan fingerprint density at radius 3 is 1.53 bits per heavy atom. The number of nitrogens with zero attached hydrogens (tertiary/aromatic N) is 2. The van der Waals surface area contributed by atoms with Crippen LogP contribution >= 0.6 is 0 Å². The fourth-order valence-electron chi connectivity index (χ4n) is 1.71. The minimum atomic E-state index is -5.69. The minimum absolute atomic E-state index is 1.02. The van der Waals surface area contributed by atoms with Gasteiger partial charge < -0.3 is 0 Å². The van der Waals surface area contributed by atoms with Crippen LogP contribution in [0.3, 0.4) is 0 Å². The number of benzene rings is 1. The van der Waals surface area contributed by atoms with Crippen LogP contribution in [0.2, 0.25) is 0 Å². The van der Waals surface area contributed by atoms with Crippen LogP contribution in [-0.4, -0.2) is 13.4 Å². The molecule has 0 saturated heterocycles. The lowest BCUT2D eigenvalue weighted by Crippen LogP contribution is -4.23. The second-order valence-corrected chi connectivity index (χ2v) is 5.86. The summed E-state index contributed by atoms with van der Waals surface area (Å²) in [7, 11) is 0. The normalized spacial score (nSPS) is 11.2. The van der Waals surface area contributed by atoms with Gasteiger partial charge in [0, 0.05) is 26.6 Å². The second kappa shape index (κ2) is 5.72. The maximum atomic E-state index is 8.73. The van der Waals surface area contributed by atoms with Gasteiger partial charge in [-0.3, -0.25) is 20.3 Å². The highest BCUT2D eigenvalue weighted by atomic mass is 127. The first-order chi connectivity index (χ1) is 8.95. The van der Waals surface area contributed by atoms with Crippen LogP contribution in [0.4, 0.5) is 0 Å². The molecule has 6 nitrogen and oxygen atoms in total. The van der Waals surface area contributed by atoms with Crippen molar-refractivity contribution >= 4 is 21.8 Å². The van der Waals surface area contributed by atoms with Crippen LogP contribution in [0.15, 0.2) is 48.8 Å². The third-order valence-corrected chi connectivity index (χ3v) is 2.37. The van der Waals surface area contributed by atoms with Crippen molar-refractivity contribution in [2.24, 2.45) is 0 Å². The molecule has 0 unspecified atom stereocenters. The molecule has 0 fully saturated rings. The molecule has 1 aromatic carbocycles. The SMILES string of the molecule is [O-][I+3]([O-])([O-])O.c1cnc2ccc3ncccc3c2c1. The Kier molecular flexibility index (Phi) is 4.22. The van der Waals surface area contributed by atoms with Crippen molar-refractivity contribution in [2.45, 2.75) is 0 Å². The fourth-order valence-corrected chi connectivity index (χ4v) is 1.71. The molecule has 1 N–H and O–H groups in total. The van der Waals surface area contributed by atoms with E-state index < -0.39 is 20.1 Å². The number of aromatic nitrogens is 2. The average Bonchev–Trinajstić information content (AvgIpc) is 2.37. The van der Waals surface area contributed by atoms with Gasteiger partial charge >= 0.3 is 20.1 Å². The third kappa shape index (κ3) is 4.04. The van der Waals surface area contributed by atoms with Gasteiger partial charge in [-0.15, -0.1) is 0 Å². The molecule has 2 heterocycles. The van der Waals surface area contributed by atoms with Crippen molar-refractivity contribution in [1.29, 1.82) is 0 Å². The van der Waals surface area contributed by atoms with E-state index in [1.807, 2.05) is 36.7 Å². The highest BCUT2D eigenvalue weighted by molar-refractivity contribution is 6.04. The van der Waals surface area contributed by atoms with Crippen molar-refractivity contribution in [3.63, 3.8) is 0 Å². The lowest BCUT2D eigenvalue weighted by atomic mass is 10.1. The molecule has 0 aliphatic heterocycles. The third-order valence-electron chi connectivity index (χ3n) is 2.37. The van der Waals surface area contributed by atoms with Crippen LogP contribution in [-0.2, 0) is 0 Å². The first-order valence-corrected chi connectivity index (χ1v) is 8.77. The summed E-state index contributed by atoms with van der Waals surface area (Å²) in [5.41, 5.74) is 2.04. The van der Waals surface area contributed by atoms with Crippen LogP contribution in [0.25, 0.3) is 21.8 Å². The minimum Gasteiger partial charge on any atom is -0.256 e. The summed E-state index contributed by atoms with van der Waals surface area (Å²) < 4.78 is 33.2. The van der Waals surface area contributed by atoms with Gasteiger partial charge in [-0.25, -0.2) is 0 Å². The molecular weight excluding hydrogens is 363 g/mol. The van der Waals surface area contributed by atoms with Gasteiger partial charge in [0.15, 0.2) is 0 Å². The molecule has 0 radical (unpaired) electrons. The van der Waals surface area contributed by atoms with Gasteiger partial charge in [0.2, 0.25) is 0 Å². The summed E-state index contributed by atoms with van der Waals surface area (Å²) in [6, 6.07) is 12.1. The van der Waals surface area contributed by atoms with E-state index in [1.165, 1.54) is 0 Å². The summed E-state index contributed by atoms with van der Waals surface area (Å²) >= 11 is -5.69. The molecular formula is C12H9IN2O4. The van der Waals surface area contributed by atoms with Gasteiger partial charge in [0.25, 0.3) is 0 Å². The molecule has 7 heteroatoms. The Bertz CT molecular complexity index is 639. The molecule has 19 heavy (non-hydrogen) atoms. The highest BCUT2D eigenvalue weighted by Crippen LogP contribution is 2.21. The summed E-state index contributed by atoms with van der Waals surface area (Å²) in [6.07, 6.45) is 3.62. The predicted octanol–water partition coefficient (Wildman–Crippen LogP) is -4.34. The molecule has 3 rings (SSSR count). The first kappa shape index (κ1) is 14.0. The Balaban J connectivity index is 0.000000232. The zero-order chi connectivity index (χ0) is 13.9. The molecule has 0 atom stereocenters. The largest absolute Gasteiger partial charge is 0.368 e. The lowest BCUT2D eigenvalue weighted by molar-refractivity contribution is -1.92. The van der Waals surface area contributed by atoms with E-state index in [9.17, 15) is 0 Å². The zero-order valence-corrected chi connectivity index (χ0v) is 11.7. The van der Waals surface area contributed by atoms with E-state index in [0.717, 1.165) is 21.8 Å². The molecule has 0 aliphatic carbocycles. The maximum absolute atomic E-state index is 8.73. The topological polar surface area (TPSA) is 115 Å². The average molecular weight is 372 g/mol. The van der Waals surface area contributed by atoms with Gasteiger partial charge in [-0.05, 0) is 24.3 Å². The van der Waals surface area contributed by atoms with Crippen LogP contribution in [0.1, 0.15) is 0 Å². The number of pyridine rings is 2. The van der Waals surface area contributed by atoms with Crippen molar-refractivity contribution in [1.82, 2.24) is 9.97 Å². The number of hydrogen-bond acceptors (Lipinski definition) is 6. The summed E-state index contributed by atoms with van der Waals surface area (Å²) in [5, 5.41) is 2.33. The van der Waals surface area contributed by atoms with E-state index in [2.05, 4.69) is 22.1 Å². The number of halogens is 1. The highest BCUT2D eigenvalue weighted by Gasteiger charge is 2.11. The van der Waals surface area contributed by atoms with Gasteiger partial charge in [0.1, 0.15) is 0 Å². The van der Waals surface area contributed by atoms with Crippen molar-refractivity contribution < 1.29 is 33.8 Å². The Hall–Kier alpha value is -1.39. The number of fused-ring (bicyclic) bond motifs is 3. The molecule has 0 aliphatic rings. The predicted molar refractivity (Wildman–Crippen MR) is 59.3 cm³/mol. The van der Waals surface area contributed by atoms with Gasteiger partial charge in [0.05, 0.1) is 11.0 Å². The van der Waals surface area contributed by atoms with E-state index in [0.29, 0.717) is 0 Å². The molecule has 2 aromatic heterocycles. The molecule has 3 aromatic rings. The smallest absolute Gasteiger partial charge is 0.256 e. The summed E-state index contributed by atoms with van der Waals surface area (Å²) in [4.78, 5) is 8.61. The molecule has 0 bridgehead atoms. The molecule has 0 saturated carbocycles. The van der Waals surface area contributed by atoms with E-state index in [-0.39, 0.29) is 0 Å². The van der Waals surface area contributed by atoms with Crippen molar-refractivity contribution in [2.75, 3.05) is 0 Å². The van der Waals surface area contributed by atoms with Crippen LogP contribution in [0, 0.1) is 0 Å². The monoisotopic (exact) mass is 372 g/mol. The van der Waals surface area contributed by atoms with Crippen LogP contribution in [0.5, 0.6) is 0 Å². The Morgan fingerprint density at radius 1 is 0.789 bits per heavy atom. The van der Waals surface area contributed by atoms with Gasteiger partial charge in [-0.1, -0.05) is 12.1 Å². The first-order valence-electron chi connectivity index (χ1n) is 5.17. The number of rotatable bonds is 0. The second-order valence-electron chi connectivity index (χ2n) is 3.60. The molecule has 0 spiro atoms. The number of hydrogen-bond donors (Lipinski definition) is 1. The van der Waals surface area contributed by atoms with Crippen molar-refractivity contribution in [3.05, 3.63) is 48.8 Å². The fraction of sp³-hybridized carbons (Fsp3) is 0. The zero-order valence-electron chi connectivity index (χ0n) is 9.56. The Labute approximate surface area is 114 Å². The molecule has 0 amide bonds.